The lowest BCUT2D eigenvalue weighted by Crippen LogP contribution is -2.20. The Morgan fingerprint density at radius 2 is 1.56 bits per heavy atom. The number of hydrogen-bond acceptors (Lipinski definition) is 3. The predicted molar refractivity (Wildman–Crippen MR) is 124 cm³/mol. The fraction of sp³-hybridized carbons (Fsp3) is 0.321. The van der Waals surface area contributed by atoms with Crippen LogP contribution >= 0.6 is 0 Å². The summed E-state index contributed by atoms with van der Waals surface area (Å²) in [7, 11) is 0. The summed E-state index contributed by atoms with van der Waals surface area (Å²) in [6.07, 6.45) is 1.31. The SMILES string of the molecule is Cc1c(F)c2c(c(OCc3ccccc3)c1C(=O)Oc1ccccc1)CC(C(C)(C)C)C2. The molecule has 3 aromatic rings. The second-order valence-electron chi connectivity index (χ2n) is 9.55. The van der Waals surface area contributed by atoms with E-state index in [-0.39, 0.29) is 28.3 Å². The van der Waals surface area contributed by atoms with Gasteiger partial charge in [-0.15, -0.1) is 0 Å². The molecule has 4 heteroatoms. The van der Waals surface area contributed by atoms with Gasteiger partial charge in [0.15, 0.2) is 0 Å². The van der Waals surface area contributed by atoms with Crippen LogP contribution in [0.5, 0.6) is 11.5 Å². The summed E-state index contributed by atoms with van der Waals surface area (Å²) in [6.45, 7) is 8.44. The number of benzene rings is 3. The molecule has 3 nitrogen and oxygen atoms in total. The topological polar surface area (TPSA) is 35.5 Å². The third-order valence-corrected chi connectivity index (χ3v) is 6.34. The molecule has 1 aliphatic carbocycles. The van der Waals surface area contributed by atoms with E-state index in [4.69, 9.17) is 9.47 Å². The van der Waals surface area contributed by atoms with E-state index >= 15 is 4.39 Å². The van der Waals surface area contributed by atoms with Crippen molar-refractivity contribution in [1.29, 1.82) is 0 Å². The van der Waals surface area contributed by atoms with E-state index in [1.165, 1.54) is 0 Å². The number of carbonyl (C=O) groups excluding carboxylic acids is 1. The molecule has 1 unspecified atom stereocenters. The van der Waals surface area contributed by atoms with Crippen LogP contribution in [0.15, 0.2) is 60.7 Å². The first kappa shape index (κ1) is 22.1. The van der Waals surface area contributed by atoms with E-state index in [0.717, 1.165) is 11.1 Å². The molecule has 1 aliphatic rings. The minimum absolute atomic E-state index is 0.0147. The number of esters is 1. The van der Waals surface area contributed by atoms with Crippen LogP contribution in [0, 0.1) is 24.1 Å². The minimum Gasteiger partial charge on any atom is -0.488 e. The molecule has 0 saturated carbocycles. The molecule has 0 aliphatic heterocycles. The Hall–Kier alpha value is -3.14. The molecule has 1 atom stereocenters. The molecule has 0 spiro atoms. The fourth-order valence-corrected chi connectivity index (χ4v) is 4.31. The van der Waals surface area contributed by atoms with Crippen molar-refractivity contribution in [2.75, 3.05) is 0 Å². The maximum absolute atomic E-state index is 15.5. The van der Waals surface area contributed by atoms with Gasteiger partial charge in [0.05, 0.1) is 0 Å². The van der Waals surface area contributed by atoms with Gasteiger partial charge in [0.2, 0.25) is 0 Å². The van der Waals surface area contributed by atoms with Gasteiger partial charge in [0.1, 0.15) is 29.5 Å². The number of ether oxygens (including phenoxy) is 2. The molecule has 0 radical (unpaired) electrons. The molecule has 0 aromatic heterocycles. The summed E-state index contributed by atoms with van der Waals surface area (Å²) in [5, 5.41) is 0. The standard InChI is InChI=1S/C28H29FO3/c1-18-24(27(30)32-21-13-9-6-10-14-21)26(31-17-19-11-7-5-8-12-19)23-16-20(28(2,3)4)15-22(23)25(18)29/h5-14,20H,15-17H2,1-4H3. The van der Waals surface area contributed by atoms with Crippen LogP contribution in [0.1, 0.15) is 53.4 Å². The Kier molecular flexibility index (Phi) is 6.05. The lowest BCUT2D eigenvalue weighted by molar-refractivity contribution is 0.0728. The van der Waals surface area contributed by atoms with Crippen LogP contribution in [0.4, 0.5) is 4.39 Å². The first-order chi connectivity index (χ1) is 15.3. The van der Waals surface area contributed by atoms with Crippen LogP contribution in [-0.4, -0.2) is 5.97 Å². The molecule has 0 bridgehead atoms. The van der Waals surface area contributed by atoms with Gasteiger partial charge in [0.25, 0.3) is 0 Å². The van der Waals surface area contributed by atoms with Crippen LogP contribution in [0.3, 0.4) is 0 Å². The zero-order chi connectivity index (χ0) is 22.9. The predicted octanol–water partition coefficient (Wildman–Crippen LogP) is 6.69. The van der Waals surface area contributed by atoms with Crippen molar-refractivity contribution >= 4 is 5.97 Å². The quantitative estimate of drug-likeness (QED) is 0.333. The van der Waals surface area contributed by atoms with E-state index < -0.39 is 5.97 Å². The highest BCUT2D eigenvalue weighted by Gasteiger charge is 2.38. The number of rotatable bonds is 5. The van der Waals surface area contributed by atoms with Crippen molar-refractivity contribution in [3.63, 3.8) is 0 Å². The van der Waals surface area contributed by atoms with Crippen molar-refractivity contribution in [2.45, 2.75) is 47.1 Å². The van der Waals surface area contributed by atoms with Crippen molar-refractivity contribution in [2.24, 2.45) is 11.3 Å². The van der Waals surface area contributed by atoms with Gasteiger partial charge in [-0.2, -0.15) is 0 Å². The molecule has 0 heterocycles. The molecule has 3 aromatic carbocycles. The second kappa shape index (κ2) is 8.78. The second-order valence-corrected chi connectivity index (χ2v) is 9.55. The molecule has 166 valence electrons. The van der Waals surface area contributed by atoms with Crippen LogP contribution in [0.25, 0.3) is 0 Å². The molecule has 0 saturated heterocycles. The van der Waals surface area contributed by atoms with Gasteiger partial charge in [-0.25, -0.2) is 9.18 Å². The Bertz CT molecular complexity index is 1120. The zero-order valence-electron chi connectivity index (χ0n) is 19.1. The van der Waals surface area contributed by atoms with Crippen molar-refractivity contribution in [3.8, 4) is 11.5 Å². The largest absolute Gasteiger partial charge is 0.488 e. The normalized spacial score (nSPS) is 15.3. The number of para-hydroxylation sites is 1. The summed E-state index contributed by atoms with van der Waals surface area (Å²) in [6, 6.07) is 18.6. The maximum atomic E-state index is 15.5. The van der Waals surface area contributed by atoms with Gasteiger partial charge < -0.3 is 9.47 Å². The summed E-state index contributed by atoms with van der Waals surface area (Å²) in [5.74, 6) is 0.220. The number of halogens is 1. The van der Waals surface area contributed by atoms with Crippen molar-refractivity contribution < 1.29 is 18.7 Å². The highest BCUT2D eigenvalue weighted by Crippen LogP contribution is 2.46. The lowest BCUT2D eigenvalue weighted by Gasteiger charge is -2.26. The Morgan fingerprint density at radius 1 is 0.969 bits per heavy atom. The zero-order valence-corrected chi connectivity index (χ0v) is 19.1. The number of fused-ring (bicyclic) bond motifs is 1. The summed E-state index contributed by atoms with van der Waals surface area (Å²) < 4.78 is 27.4. The molecular formula is C28H29FO3. The third-order valence-electron chi connectivity index (χ3n) is 6.34. The maximum Gasteiger partial charge on any atom is 0.347 e. The van der Waals surface area contributed by atoms with E-state index in [2.05, 4.69) is 20.8 Å². The summed E-state index contributed by atoms with van der Waals surface area (Å²) >= 11 is 0. The summed E-state index contributed by atoms with van der Waals surface area (Å²) in [4.78, 5) is 13.2. The highest BCUT2D eigenvalue weighted by molar-refractivity contribution is 5.96. The number of hydrogen-bond donors (Lipinski definition) is 0. The van der Waals surface area contributed by atoms with Gasteiger partial charge >= 0.3 is 5.97 Å². The molecule has 4 rings (SSSR count). The van der Waals surface area contributed by atoms with Crippen LogP contribution in [0.2, 0.25) is 0 Å². The average molecular weight is 433 g/mol. The smallest absolute Gasteiger partial charge is 0.347 e. The molecule has 0 N–H and O–H groups in total. The molecule has 0 fully saturated rings. The van der Waals surface area contributed by atoms with E-state index in [0.29, 0.717) is 36.5 Å². The van der Waals surface area contributed by atoms with Gasteiger partial charge in [-0.3, -0.25) is 0 Å². The third kappa shape index (κ3) is 4.40. The monoisotopic (exact) mass is 432 g/mol. The summed E-state index contributed by atoms with van der Waals surface area (Å²) in [5.41, 5.74) is 2.92. The molecule has 32 heavy (non-hydrogen) atoms. The van der Waals surface area contributed by atoms with Crippen molar-refractivity contribution in [1.82, 2.24) is 0 Å². The first-order valence-electron chi connectivity index (χ1n) is 11.0. The number of carbonyl (C=O) groups is 1. The lowest BCUT2D eigenvalue weighted by atomic mass is 9.79. The van der Waals surface area contributed by atoms with Gasteiger partial charge in [0, 0.05) is 11.1 Å². The van der Waals surface area contributed by atoms with E-state index in [1.54, 1.807) is 31.2 Å². The minimum atomic E-state index is -0.599. The van der Waals surface area contributed by atoms with Crippen molar-refractivity contribution in [3.05, 3.63) is 94.3 Å². The average Bonchev–Trinajstić information content (AvgIpc) is 3.23. The molecule has 0 amide bonds. The Balaban J connectivity index is 1.77. The fourth-order valence-electron chi connectivity index (χ4n) is 4.31. The van der Waals surface area contributed by atoms with Crippen LogP contribution in [-0.2, 0) is 19.4 Å². The Labute approximate surface area is 189 Å². The van der Waals surface area contributed by atoms with Crippen LogP contribution < -0.4 is 9.47 Å². The van der Waals surface area contributed by atoms with Gasteiger partial charge in [-0.1, -0.05) is 69.3 Å². The van der Waals surface area contributed by atoms with Gasteiger partial charge in [-0.05, 0) is 54.4 Å². The van der Waals surface area contributed by atoms with E-state index in [1.807, 2.05) is 36.4 Å². The van der Waals surface area contributed by atoms with E-state index in [9.17, 15) is 4.79 Å². The first-order valence-corrected chi connectivity index (χ1v) is 11.0. The highest BCUT2D eigenvalue weighted by atomic mass is 19.1. The Morgan fingerprint density at radius 3 is 2.19 bits per heavy atom. The molecular weight excluding hydrogens is 403 g/mol.